The van der Waals surface area contributed by atoms with Gasteiger partial charge in [0.25, 0.3) is 5.56 Å². The lowest BCUT2D eigenvalue weighted by molar-refractivity contribution is 0.131. The van der Waals surface area contributed by atoms with Crippen LogP contribution < -0.4 is 5.56 Å². The SMILES string of the molecule is O=C(O)N1CCC(c2nc3ccc(Br)nc3c(=O)[nH]2)CC1. The molecular formula is C13H13BrN4O3. The number of aromatic amines is 1. The first kappa shape index (κ1) is 14.0. The Hall–Kier alpha value is -1.96. The zero-order valence-electron chi connectivity index (χ0n) is 11.0. The van der Waals surface area contributed by atoms with Crippen molar-refractivity contribution in [2.45, 2.75) is 18.8 Å². The molecule has 0 spiro atoms. The van der Waals surface area contributed by atoms with E-state index in [0.717, 1.165) is 0 Å². The fourth-order valence-electron chi connectivity index (χ4n) is 2.56. The summed E-state index contributed by atoms with van der Waals surface area (Å²) in [6.07, 6.45) is 0.414. The summed E-state index contributed by atoms with van der Waals surface area (Å²) in [5.41, 5.74) is 0.589. The zero-order valence-corrected chi connectivity index (χ0v) is 12.6. The van der Waals surface area contributed by atoms with Crippen LogP contribution in [0.2, 0.25) is 0 Å². The summed E-state index contributed by atoms with van der Waals surface area (Å²) >= 11 is 3.23. The number of nitrogens with zero attached hydrogens (tertiary/aromatic N) is 3. The molecule has 0 atom stereocenters. The van der Waals surface area contributed by atoms with Crippen molar-refractivity contribution in [3.8, 4) is 0 Å². The molecule has 1 aliphatic heterocycles. The van der Waals surface area contributed by atoms with Crippen LogP contribution in [0.1, 0.15) is 24.6 Å². The molecule has 3 rings (SSSR count). The number of pyridine rings is 1. The molecule has 2 aromatic heterocycles. The van der Waals surface area contributed by atoms with Gasteiger partial charge < -0.3 is 15.0 Å². The second-order valence-electron chi connectivity index (χ2n) is 5.00. The minimum absolute atomic E-state index is 0.0707. The molecule has 3 heterocycles. The Kier molecular flexibility index (Phi) is 3.62. The molecular weight excluding hydrogens is 340 g/mol. The molecule has 0 saturated carbocycles. The van der Waals surface area contributed by atoms with Crippen LogP contribution in [0.5, 0.6) is 0 Å². The smallest absolute Gasteiger partial charge is 0.407 e. The molecule has 1 amide bonds. The van der Waals surface area contributed by atoms with Gasteiger partial charge in [-0.15, -0.1) is 0 Å². The van der Waals surface area contributed by atoms with Crippen LogP contribution in [0.25, 0.3) is 11.0 Å². The summed E-state index contributed by atoms with van der Waals surface area (Å²) in [6.45, 7) is 0.917. The Morgan fingerprint density at radius 1 is 1.33 bits per heavy atom. The number of piperidine rings is 1. The summed E-state index contributed by atoms with van der Waals surface area (Å²) in [4.78, 5) is 35.7. The average Bonchev–Trinajstić information content (AvgIpc) is 2.48. The van der Waals surface area contributed by atoms with Gasteiger partial charge in [0.1, 0.15) is 10.4 Å². The molecule has 1 aliphatic rings. The third-order valence-corrected chi connectivity index (χ3v) is 4.13. The zero-order chi connectivity index (χ0) is 15.0. The largest absolute Gasteiger partial charge is 0.465 e. The Bertz CT molecular complexity index is 753. The number of carboxylic acid groups (broad SMARTS) is 1. The second kappa shape index (κ2) is 5.44. The molecule has 110 valence electrons. The number of rotatable bonds is 1. The number of halogens is 1. The highest BCUT2D eigenvalue weighted by Gasteiger charge is 2.25. The van der Waals surface area contributed by atoms with Crippen LogP contribution >= 0.6 is 15.9 Å². The van der Waals surface area contributed by atoms with E-state index in [2.05, 4.69) is 30.9 Å². The maximum Gasteiger partial charge on any atom is 0.407 e. The van der Waals surface area contributed by atoms with Gasteiger partial charge in [-0.2, -0.15) is 0 Å². The van der Waals surface area contributed by atoms with Crippen LogP contribution in [-0.2, 0) is 0 Å². The first-order valence-corrected chi connectivity index (χ1v) is 7.38. The van der Waals surface area contributed by atoms with E-state index in [1.54, 1.807) is 12.1 Å². The molecule has 7 nitrogen and oxygen atoms in total. The minimum Gasteiger partial charge on any atom is -0.465 e. The predicted molar refractivity (Wildman–Crippen MR) is 79.4 cm³/mol. The lowest BCUT2D eigenvalue weighted by atomic mass is 9.96. The molecule has 21 heavy (non-hydrogen) atoms. The molecule has 0 aromatic carbocycles. The second-order valence-corrected chi connectivity index (χ2v) is 5.81. The van der Waals surface area contributed by atoms with Crippen LogP contribution in [0, 0.1) is 0 Å². The number of likely N-dealkylation sites (tertiary alicyclic amines) is 1. The topological polar surface area (TPSA) is 99.2 Å². The number of aromatic nitrogens is 3. The number of amides is 1. The van der Waals surface area contributed by atoms with E-state index in [9.17, 15) is 9.59 Å². The monoisotopic (exact) mass is 352 g/mol. The molecule has 2 aromatic rings. The summed E-state index contributed by atoms with van der Waals surface area (Å²) in [5, 5.41) is 8.95. The number of H-pyrrole nitrogens is 1. The molecule has 0 aliphatic carbocycles. The van der Waals surface area contributed by atoms with Gasteiger partial charge >= 0.3 is 6.09 Å². The fraction of sp³-hybridized carbons (Fsp3) is 0.385. The Morgan fingerprint density at radius 2 is 2.05 bits per heavy atom. The van der Waals surface area contributed by atoms with E-state index in [4.69, 9.17) is 5.11 Å². The quantitative estimate of drug-likeness (QED) is 0.764. The van der Waals surface area contributed by atoms with Crippen molar-refractivity contribution in [2.24, 2.45) is 0 Å². The van der Waals surface area contributed by atoms with Gasteiger partial charge in [-0.25, -0.2) is 14.8 Å². The number of nitrogens with one attached hydrogen (secondary N) is 1. The number of carbonyl (C=O) groups is 1. The maximum absolute atomic E-state index is 12.1. The maximum atomic E-state index is 12.1. The molecule has 8 heteroatoms. The van der Waals surface area contributed by atoms with Gasteiger partial charge in [0.2, 0.25) is 0 Å². The van der Waals surface area contributed by atoms with Gasteiger partial charge in [0, 0.05) is 19.0 Å². The van der Waals surface area contributed by atoms with Crippen molar-refractivity contribution in [1.29, 1.82) is 0 Å². The normalized spacial score (nSPS) is 16.3. The van der Waals surface area contributed by atoms with Crippen molar-refractivity contribution in [3.05, 3.63) is 32.9 Å². The van der Waals surface area contributed by atoms with Crippen LogP contribution in [0.4, 0.5) is 4.79 Å². The molecule has 0 radical (unpaired) electrons. The molecule has 1 fully saturated rings. The van der Waals surface area contributed by atoms with E-state index in [1.807, 2.05) is 0 Å². The summed E-state index contributed by atoms with van der Waals surface area (Å²) < 4.78 is 0.588. The summed E-state index contributed by atoms with van der Waals surface area (Å²) in [6, 6.07) is 3.49. The first-order chi connectivity index (χ1) is 10.0. The summed E-state index contributed by atoms with van der Waals surface area (Å²) in [5.74, 6) is 0.683. The Labute approximate surface area is 128 Å². The van der Waals surface area contributed by atoms with Crippen molar-refractivity contribution in [3.63, 3.8) is 0 Å². The first-order valence-electron chi connectivity index (χ1n) is 6.59. The van der Waals surface area contributed by atoms with Gasteiger partial charge in [-0.05, 0) is 40.9 Å². The van der Waals surface area contributed by atoms with Crippen molar-refractivity contribution in [2.75, 3.05) is 13.1 Å². The highest BCUT2D eigenvalue weighted by atomic mass is 79.9. The molecule has 1 saturated heterocycles. The average molecular weight is 353 g/mol. The highest BCUT2D eigenvalue weighted by Crippen LogP contribution is 2.25. The van der Waals surface area contributed by atoms with Crippen molar-refractivity contribution >= 4 is 33.1 Å². The van der Waals surface area contributed by atoms with E-state index < -0.39 is 6.09 Å². The van der Waals surface area contributed by atoms with Crippen molar-refractivity contribution in [1.82, 2.24) is 19.9 Å². The number of fused-ring (bicyclic) bond motifs is 1. The lowest BCUT2D eigenvalue weighted by Crippen LogP contribution is -2.37. The van der Waals surface area contributed by atoms with Gasteiger partial charge in [0.05, 0.1) is 5.52 Å². The standard InChI is InChI=1S/C13H13BrN4O3/c14-9-2-1-8-10(16-9)12(19)17-11(15-8)7-3-5-18(6-4-7)13(20)21/h1-2,7H,3-6H2,(H,20,21)(H,15,17,19). The van der Waals surface area contributed by atoms with E-state index in [1.165, 1.54) is 4.90 Å². The van der Waals surface area contributed by atoms with E-state index >= 15 is 0 Å². The predicted octanol–water partition coefficient (Wildman–Crippen LogP) is 1.94. The molecule has 2 N–H and O–H groups in total. The third-order valence-electron chi connectivity index (χ3n) is 3.69. The number of hydrogen-bond donors (Lipinski definition) is 2. The van der Waals surface area contributed by atoms with Gasteiger partial charge in [0.15, 0.2) is 5.52 Å². The Balaban J connectivity index is 1.90. The van der Waals surface area contributed by atoms with Crippen molar-refractivity contribution < 1.29 is 9.90 Å². The summed E-state index contributed by atoms with van der Waals surface area (Å²) in [7, 11) is 0. The number of hydrogen-bond acceptors (Lipinski definition) is 4. The highest BCUT2D eigenvalue weighted by molar-refractivity contribution is 9.10. The van der Waals surface area contributed by atoms with Gasteiger partial charge in [-0.1, -0.05) is 0 Å². The van der Waals surface area contributed by atoms with E-state index in [-0.39, 0.29) is 11.5 Å². The fourth-order valence-corrected chi connectivity index (χ4v) is 2.87. The minimum atomic E-state index is -0.900. The molecule has 0 bridgehead atoms. The van der Waals surface area contributed by atoms with Crippen LogP contribution in [0.15, 0.2) is 21.5 Å². The Morgan fingerprint density at radius 3 is 2.71 bits per heavy atom. The lowest BCUT2D eigenvalue weighted by Gasteiger charge is -2.29. The van der Waals surface area contributed by atoms with Crippen LogP contribution in [0.3, 0.4) is 0 Å². The van der Waals surface area contributed by atoms with Gasteiger partial charge in [-0.3, -0.25) is 4.79 Å². The van der Waals surface area contributed by atoms with Crippen LogP contribution in [-0.4, -0.2) is 44.1 Å². The molecule has 0 unspecified atom stereocenters. The van der Waals surface area contributed by atoms with E-state index in [0.29, 0.717) is 47.4 Å². The third kappa shape index (κ3) is 2.76.